The van der Waals surface area contributed by atoms with E-state index in [0.717, 1.165) is 31.4 Å². The van der Waals surface area contributed by atoms with Gasteiger partial charge in [0, 0.05) is 18.9 Å². The van der Waals surface area contributed by atoms with Crippen molar-refractivity contribution in [2.24, 2.45) is 0 Å². The third kappa shape index (κ3) is 8.23. The minimum absolute atomic E-state index is 0.0351. The van der Waals surface area contributed by atoms with Gasteiger partial charge in [0.25, 0.3) is 0 Å². The molecule has 0 radical (unpaired) electrons. The van der Waals surface area contributed by atoms with Gasteiger partial charge in [-0.05, 0) is 24.5 Å². The molecule has 7 nitrogen and oxygen atoms in total. The number of halogens is 1. The molecule has 0 heterocycles. The Balaban J connectivity index is 2.26. The van der Waals surface area contributed by atoms with Crippen LogP contribution in [-0.4, -0.2) is 23.5 Å². The Morgan fingerprint density at radius 3 is 2.44 bits per heavy atom. The lowest BCUT2D eigenvalue weighted by atomic mass is 10.2. The first-order valence-corrected chi connectivity index (χ1v) is 8.18. The molecule has 0 bridgehead atoms. The summed E-state index contributed by atoms with van der Waals surface area (Å²) >= 11 is 0. The Morgan fingerprint density at radius 1 is 1.12 bits per heavy atom. The van der Waals surface area contributed by atoms with E-state index < -0.39 is 22.4 Å². The summed E-state index contributed by atoms with van der Waals surface area (Å²) < 4.78 is 23.2. The molecule has 1 aromatic rings. The van der Waals surface area contributed by atoms with Crippen molar-refractivity contribution >= 4 is 17.6 Å². The number of esters is 2. The summed E-state index contributed by atoms with van der Waals surface area (Å²) in [5.74, 6) is -1.83. The average molecular weight is 355 g/mol. The number of nitro benzene ring substituents is 1. The molecule has 8 heteroatoms. The van der Waals surface area contributed by atoms with Crippen molar-refractivity contribution in [3.05, 3.63) is 39.7 Å². The van der Waals surface area contributed by atoms with E-state index in [1.807, 2.05) is 0 Å². The largest absolute Gasteiger partial charge is 0.466 e. The highest BCUT2D eigenvalue weighted by atomic mass is 19.1. The van der Waals surface area contributed by atoms with Gasteiger partial charge in [-0.25, -0.2) is 0 Å². The number of nitro groups is 1. The Labute approximate surface area is 145 Å². The third-order valence-corrected chi connectivity index (χ3v) is 3.38. The summed E-state index contributed by atoms with van der Waals surface area (Å²) in [7, 11) is 0. The van der Waals surface area contributed by atoms with Gasteiger partial charge < -0.3 is 9.47 Å². The monoisotopic (exact) mass is 355 g/mol. The summed E-state index contributed by atoms with van der Waals surface area (Å²) in [4.78, 5) is 32.8. The quantitative estimate of drug-likeness (QED) is 0.260. The normalized spacial score (nSPS) is 10.3. The van der Waals surface area contributed by atoms with Crippen molar-refractivity contribution in [3.63, 3.8) is 0 Å². The van der Waals surface area contributed by atoms with Gasteiger partial charge in [-0.1, -0.05) is 25.8 Å². The fourth-order valence-corrected chi connectivity index (χ4v) is 2.01. The second kappa shape index (κ2) is 11.1. The highest BCUT2D eigenvalue weighted by molar-refractivity contribution is 5.72. The predicted molar refractivity (Wildman–Crippen MR) is 87.2 cm³/mol. The number of rotatable bonds is 11. The Hall–Kier alpha value is -2.51. The highest BCUT2D eigenvalue weighted by Gasteiger charge is 2.15. The number of ether oxygens (including phenoxy) is 2. The molecule has 0 amide bonds. The Bertz CT molecular complexity index is 605. The van der Waals surface area contributed by atoms with Crippen LogP contribution in [0.1, 0.15) is 51.0 Å². The summed E-state index contributed by atoms with van der Waals surface area (Å²) in [6.07, 6.45) is 3.33. The van der Waals surface area contributed by atoms with Gasteiger partial charge in [-0.2, -0.15) is 4.39 Å². The second-order valence-corrected chi connectivity index (χ2v) is 5.48. The van der Waals surface area contributed by atoms with Crippen LogP contribution in [0.3, 0.4) is 0 Å². The zero-order chi connectivity index (χ0) is 18.7. The molecule has 0 aliphatic heterocycles. The van der Waals surface area contributed by atoms with Gasteiger partial charge in [0.05, 0.1) is 11.5 Å². The Kier molecular flexibility index (Phi) is 9.13. The van der Waals surface area contributed by atoms with Gasteiger partial charge in [-0.15, -0.1) is 0 Å². The van der Waals surface area contributed by atoms with Gasteiger partial charge in [-0.3, -0.25) is 19.7 Å². The molecule has 0 spiro atoms. The van der Waals surface area contributed by atoms with Crippen molar-refractivity contribution in [2.75, 3.05) is 6.61 Å². The lowest BCUT2D eigenvalue weighted by molar-refractivity contribution is -0.387. The Morgan fingerprint density at radius 2 is 1.80 bits per heavy atom. The number of carbonyl (C=O) groups excluding carboxylic acids is 2. The van der Waals surface area contributed by atoms with E-state index >= 15 is 0 Å². The second-order valence-electron chi connectivity index (χ2n) is 5.48. The number of hydrogen-bond donors (Lipinski definition) is 0. The summed E-state index contributed by atoms with van der Waals surface area (Å²) in [5, 5.41) is 10.6. The first-order chi connectivity index (χ1) is 11.9. The highest BCUT2D eigenvalue weighted by Crippen LogP contribution is 2.19. The molecule has 25 heavy (non-hydrogen) atoms. The van der Waals surface area contributed by atoms with Crippen LogP contribution in [-0.2, 0) is 25.7 Å². The SMILES string of the molecule is CCCCCOC(=O)CCCC(=O)OCc1ccc(F)c([N+](=O)[O-])c1. The molecule has 0 aromatic heterocycles. The van der Waals surface area contributed by atoms with E-state index in [1.54, 1.807) is 0 Å². The molecule has 0 fully saturated rings. The molecule has 0 atom stereocenters. The first-order valence-electron chi connectivity index (χ1n) is 8.18. The molecule has 138 valence electrons. The minimum Gasteiger partial charge on any atom is -0.466 e. The van der Waals surface area contributed by atoms with Crippen molar-refractivity contribution in [2.45, 2.75) is 52.1 Å². The van der Waals surface area contributed by atoms with Crippen molar-refractivity contribution in [3.8, 4) is 0 Å². The van der Waals surface area contributed by atoms with Crippen LogP contribution in [0.5, 0.6) is 0 Å². The van der Waals surface area contributed by atoms with Gasteiger partial charge in [0.2, 0.25) is 5.82 Å². The number of benzene rings is 1. The molecule has 1 rings (SSSR count). The topological polar surface area (TPSA) is 95.7 Å². The third-order valence-electron chi connectivity index (χ3n) is 3.38. The zero-order valence-corrected chi connectivity index (χ0v) is 14.2. The number of nitrogens with zero attached hydrogens (tertiary/aromatic N) is 1. The minimum atomic E-state index is -0.947. The zero-order valence-electron chi connectivity index (χ0n) is 14.2. The van der Waals surface area contributed by atoms with Crippen molar-refractivity contribution in [1.29, 1.82) is 0 Å². The standard InChI is InChI=1S/C17H22FNO6/c1-2-3-4-10-24-16(20)6-5-7-17(21)25-12-13-8-9-14(18)15(11-13)19(22)23/h8-9,11H,2-7,10,12H2,1H3. The van der Waals surface area contributed by atoms with E-state index in [-0.39, 0.29) is 25.4 Å². The van der Waals surface area contributed by atoms with Crippen LogP contribution >= 0.6 is 0 Å². The van der Waals surface area contributed by atoms with E-state index in [4.69, 9.17) is 9.47 Å². The number of carbonyl (C=O) groups is 2. The van der Waals surface area contributed by atoms with Crippen molar-refractivity contribution < 1.29 is 28.4 Å². The number of hydrogen-bond acceptors (Lipinski definition) is 6. The van der Waals surface area contributed by atoms with Crippen LogP contribution in [0.2, 0.25) is 0 Å². The number of unbranched alkanes of at least 4 members (excludes halogenated alkanes) is 2. The molecule has 0 N–H and O–H groups in total. The summed E-state index contributed by atoms with van der Waals surface area (Å²) in [6.45, 7) is 2.25. The smallest absolute Gasteiger partial charge is 0.306 e. The van der Waals surface area contributed by atoms with Crippen molar-refractivity contribution in [1.82, 2.24) is 0 Å². The summed E-state index contributed by atoms with van der Waals surface area (Å²) in [6, 6.07) is 3.29. The first kappa shape index (κ1) is 20.5. The van der Waals surface area contributed by atoms with E-state index in [9.17, 15) is 24.1 Å². The lowest BCUT2D eigenvalue weighted by Gasteiger charge is -2.06. The van der Waals surface area contributed by atoms with Crippen LogP contribution < -0.4 is 0 Å². The molecule has 0 aliphatic rings. The predicted octanol–water partition coefficient (Wildman–Crippen LogP) is 3.68. The van der Waals surface area contributed by atoms with Crippen LogP contribution in [0, 0.1) is 15.9 Å². The van der Waals surface area contributed by atoms with Gasteiger partial charge in [0.1, 0.15) is 6.61 Å². The fraction of sp³-hybridized carbons (Fsp3) is 0.529. The van der Waals surface area contributed by atoms with Crippen LogP contribution in [0.4, 0.5) is 10.1 Å². The molecular formula is C17H22FNO6. The van der Waals surface area contributed by atoms with Gasteiger partial charge in [0.15, 0.2) is 0 Å². The average Bonchev–Trinajstić information content (AvgIpc) is 2.57. The van der Waals surface area contributed by atoms with E-state index in [2.05, 4.69) is 6.92 Å². The van der Waals surface area contributed by atoms with Crippen LogP contribution in [0.25, 0.3) is 0 Å². The van der Waals surface area contributed by atoms with Crippen LogP contribution in [0.15, 0.2) is 18.2 Å². The molecule has 0 unspecified atom stereocenters. The molecule has 0 saturated carbocycles. The van der Waals surface area contributed by atoms with E-state index in [0.29, 0.717) is 18.6 Å². The van der Waals surface area contributed by atoms with Gasteiger partial charge >= 0.3 is 17.6 Å². The maximum absolute atomic E-state index is 13.2. The summed E-state index contributed by atoms with van der Waals surface area (Å²) in [5.41, 5.74) is -0.351. The van der Waals surface area contributed by atoms with E-state index in [1.165, 1.54) is 6.07 Å². The molecule has 1 aromatic carbocycles. The molecule has 0 aliphatic carbocycles. The molecule has 0 saturated heterocycles. The maximum Gasteiger partial charge on any atom is 0.306 e. The lowest BCUT2D eigenvalue weighted by Crippen LogP contribution is -2.09. The maximum atomic E-state index is 13.2. The fourth-order valence-electron chi connectivity index (χ4n) is 2.01. The molecular weight excluding hydrogens is 333 g/mol.